The highest BCUT2D eigenvalue weighted by Gasteiger charge is 2.15. The molecular formula is C21H20Br2N2O2. The molecule has 0 fully saturated rings. The van der Waals surface area contributed by atoms with Gasteiger partial charge in [-0.25, -0.2) is 0 Å². The van der Waals surface area contributed by atoms with E-state index in [1.54, 1.807) is 12.1 Å². The molecule has 0 spiro atoms. The van der Waals surface area contributed by atoms with E-state index in [1.165, 1.54) is 0 Å². The van der Waals surface area contributed by atoms with Crippen LogP contribution < -0.4 is 10.1 Å². The molecule has 2 aromatic rings. The molecule has 6 heteroatoms. The van der Waals surface area contributed by atoms with E-state index in [-0.39, 0.29) is 5.57 Å². The standard InChI is InChI=1S/C21H20Br2N2O2/c1-13(2)12-27-20-15(9-17(22)10-18(20)23)8-16(11-24)21(26)25-19-7-5-4-6-14(19)3/h4-10,13H,12H2,1-3H3,(H,25,26)/b16-8+. The monoisotopic (exact) mass is 490 g/mol. The number of rotatable bonds is 6. The normalized spacial score (nSPS) is 11.2. The molecule has 27 heavy (non-hydrogen) atoms. The lowest BCUT2D eigenvalue weighted by Crippen LogP contribution is -2.14. The third kappa shape index (κ3) is 5.95. The summed E-state index contributed by atoms with van der Waals surface area (Å²) in [4.78, 5) is 12.6. The van der Waals surface area contributed by atoms with E-state index in [0.29, 0.717) is 29.5 Å². The first-order valence-corrected chi connectivity index (χ1v) is 10.0. The molecule has 0 bridgehead atoms. The first-order chi connectivity index (χ1) is 12.8. The summed E-state index contributed by atoms with van der Waals surface area (Å²) in [6, 6.07) is 13.1. The molecule has 4 nitrogen and oxygen atoms in total. The van der Waals surface area contributed by atoms with Crippen molar-refractivity contribution in [3.05, 3.63) is 62.0 Å². The van der Waals surface area contributed by atoms with Gasteiger partial charge in [-0.2, -0.15) is 5.26 Å². The second-order valence-corrected chi connectivity index (χ2v) is 8.22. The summed E-state index contributed by atoms with van der Waals surface area (Å²) in [6.45, 7) is 6.53. The Balaban J connectivity index is 2.37. The number of anilines is 1. The SMILES string of the molecule is Cc1ccccc1NC(=O)/C(C#N)=C/c1cc(Br)cc(Br)c1OCC(C)C. The minimum Gasteiger partial charge on any atom is -0.492 e. The van der Waals surface area contributed by atoms with Crippen LogP contribution in [0.2, 0.25) is 0 Å². The van der Waals surface area contributed by atoms with Crippen LogP contribution in [0.1, 0.15) is 25.0 Å². The lowest BCUT2D eigenvalue weighted by Gasteiger charge is -2.14. The van der Waals surface area contributed by atoms with Crippen LogP contribution in [0.15, 0.2) is 50.9 Å². The largest absolute Gasteiger partial charge is 0.492 e. The molecular weight excluding hydrogens is 472 g/mol. The Kier molecular flexibility index (Phi) is 7.64. The van der Waals surface area contributed by atoms with Gasteiger partial charge in [-0.3, -0.25) is 4.79 Å². The average molecular weight is 492 g/mol. The number of amides is 1. The molecule has 140 valence electrons. The van der Waals surface area contributed by atoms with Crippen molar-refractivity contribution in [2.75, 3.05) is 11.9 Å². The summed E-state index contributed by atoms with van der Waals surface area (Å²) in [6.07, 6.45) is 1.54. The number of nitrogens with one attached hydrogen (secondary N) is 1. The average Bonchev–Trinajstić information content (AvgIpc) is 2.60. The van der Waals surface area contributed by atoms with E-state index in [2.05, 4.69) is 51.0 Å². The van der Waals surface area contributed by atoms with E-state index < -0.39 is 5.91 Å². The molecule has 0 aliphatic rings. The fraction of sp³-hybridized carbons (Fsp3) is 0.238. The highest BCUT2D eigenvalue weighted by atomic mass is 79.9. The van der Waals surface area contributed by atoms with Gasteiger partial charge in [0.2, 0.25) is 0 Å². The Morgan fingerprint density at radius 2 is 2.00 bits per heavy atom. The molecule has 0 saturated carbocycles. The maximum Gasteiger partial charge on any atom is 0.266 e. The van der Waals surface area contributed by atoms with Crippen LogP contribution in [0.25, 0.3) is 6.08 Å². The van der Waals surface area contributed by atoms with Crippen molar-refractivity contribution in [3.63, 3.8) is 0 Å². The van der Waals surface area contributed by atoms with Crippen LogP contribution in [0, 0.1) is 24.2 Å². The fourth-order valence-corrected chi connectivity index (χ4v) is 3.67. The minimum atomic E-state index is -0.460. The number of benzene rings is 2. The van der Waals surface area contributed by atoms with Gasteiger partial charge in [0, 0.05) is 15.7 Å². The van der Waals surface area contributed by atoms with Crippen LogP contribution in [0.5, 0.6) is 5.75 Å². The van der Waals surface area contributed by atoms with Crippen LogP contribution in [-0.4, -0.2) is 12.5 Å². The summed E-state index contributed by atoms with van der Waals surface area (Å²) in [5, 5.41) is 12.3. The van der Waals surface area contributed by atoms with Crippen LogP contribution in [-0.2, 0) is 4.79 Å². The van der Waals surface area contributed by atoms with Gasteiger partial charge in [0.1, 0.15) is 17.4 Å². The van der Waals surface area contributed by atoms with Crippen molar-refractivity contribution in [2.24, 2.45) is 5.92 Å². The lowest BCUT2D eigenvalue weighted by molar-refractivity contribution is -0.112. The Bertz CT molecular complexity index is 915. The third-order valence-corrected chi connectivity index (χ3v) is 4.70. The second-order valence-electron chi connectivity index (χ2n) is 6.45. The number of nitrogens with zero attached hydrogens (tertiary/aromatic N) is 1. The number of aryl methyl sites for hydroxylation is 1. The number of carbonyl (C=O) groups excluding carboxylic acids is 1. The first-order valence-electron chi connectivity index (χ1n) is 8.42. The van der Waals surface area contributed by atoms with Crippen molar-refractivity contribution in [1.82, 2.24) is 0 Å². The van der Waals surface area contributed by atoms with E-state index >= 15 is 0 Å². The highest BCUT2D eigenvalue weighted by Crippen LogP contribution is 2.34. The summed E-state index contributed by atoms with van der Waals surface area (Å²) in [5.41, 5.74) is 2.25. The molecule has 0 unspecified atom stereocenters. The predicted octanol–water partition coefficient (Wildman–Crippen LogP) is 6.10. The van der Waals surface area contributed by atoms with Crippen LogP contribution in [0.4, 0.5) is 5.69 Å². The summed E-state index contributed by atoms with van der Waals surface area (Å²) >= 11 is 6.93. The van der Waals surface area contributed by atoms with Gasteiger partial charge in [-0.05, 0) is 58.6 Å². The minimum absolute atomic E-state index is 0.00218. The quantitative estimate of drug-likeness (QED) is 0.392. The number of hydrogen-bond acceptors (Lipinski definition) is 3. The number of ether oxygens (including phenoxy) is 1. The van der Waals surface area contributed by atoms with Gasteiger partial charge < -0.3 is 10.1 Å². The summed E-state index contributed by atoms with van der Waals surface area (Å²) in [7, 11) is 0. The first kappa shape index (κ1) is 21.2. The molecule has 0 radical (unpaired) electrons. The molecule has 2 aromatic carbocycles. The molecule has 0 heterocycles. The molecule has 0 aliphatic carbocycles. The van der Waals surface area contributed by atoms with Crippen molar-refractivity contribution in [1.29, 1.82) is 5.26 Å². The fourth-order valence-electron chi connectivity index (χ4n) is 2.30. The second kappa shape index (κ2) is 9.72. The van der Waals surface area contributed by atoms with Gasteiger partial charge in [-0.1, -0.05) is 48.0 Å². The van der Waals surface area contributed by atoms with Crippen molar-refractivity contribution in [3.8, 4) is 11.8 Å². The molecule has 0 saturated heterocycles. The number of carbonyl (C=O) groups is 1. The number of hydrogen-bond donors (Lipinski definition) is 1. The van der Waals surface area contributed by atoms with Crippen LogP contribution >= 0.6 is 31.9 Å². The maximum atomic E-state index is 12.6. The van der Waals surface area contributed by atoms with E-state index in [1.807, 2.05) is 43.3 Å². The molecule has 0 aliphatic heterocycles. The van der Waals surface area contributed by atoms with Gasteiger partial charge in [0.25, 0.3) is 5.91 Å². The number of halogens is 2. The molecule has 2 rings (SSSR count). The Morgan fingerprint density at radius 3 is 2.63 bits per heavy atom. The van der Waals surface area contributed by atoms with Crippen LogP contribution in [0.3, 0.4) is 0 Å². The van der Waals surface area contributed by atoms with Gasteiger partial charge >= 0.3 is 0 Å². The summed E-state index contributed by atoms with van der Waals surface area (Å²) < 4.78 is 7.46. The Morgan fingerprint density at radius 1 is 1.30 bits per heavy atom. The smallest absolute Gasteiger partial charge is 0.266 e. The molecule has 1 amide bonds. The predicted molar refractivity (Wildman–Crippen MR) is 116 cm³/mol. The highest BCUT2D eigenvalue weighted by molar-refractivity contribution is 9.11. The molecule has 0 aromatic heterocycles. The van der Waals surface area contributed by atoms with E-state index in [9.17, 15) is 10.1 Å². The Hall–Kier alpha value is -2.10. The van der Waals surface area contributed by atoms with Gasteiger partial charge in [-0.15, -0.1) is 0 Å². The maximum absolute atomic E-state index is 12.6. The third-order valence-electron chi connectivity index (χ3n) is 3.66. The number of nitriles is 1. The van der Waals surface area contributed by atoms with Gasteiger partial charge in [0.05, 0.1) is 11.1 Å². The zero-order valence-electron chi connectivity index (χ0n) is 15.3. The van der Waals surface area contributed by atoms with Crippen molar-refractivity contribution in [2.45, 2.75) is 20.8 Å². The zero-order valence-corrected chi connectivity index (χ0v) is 18.5. The topological polar surface area (TPSA) is 62.1 Å². The molecule has 0 atom stereocenters. The van der Waals surface area contributed by atoms with Crippen molar-refractivity contribution >= 4 is 49.5 Å². The van der Waals surface area contributed by atoms with E-state index in [4.69, 9.17) is 4.74 Å². The van der Waals surface area contributed by atoms with Crippen molar-refractivity contribution < 1.29 is 9.53 Å². The zero-order chi connectivity index (χ0) is 20.0. The molecule has 1 N–H and O–H groups in total. The Labute approximate surface area is 176 Å². The number of para-hydroxylation sites is 1. The van der Waals surface area contributed by atoms with E-state index in [0.717, 1.165) is 14.5 Å². The van der Waals surface area contributed by atoms with Gasteiger partial charge in [0.15, 0.2) is 0 Å². The summed E-state index contributed by atoms with van der Waals surface area (Å²) in [5.74, 6) is 0.484. The lowest BCUT2D eigenvalue weighted by atomic mass is 10.1.